The average Bonchev–Trinajstić information content (AvgIpc) is 3.75. The summed E-state index contributed by atoms with van der Waals surface area (Å²) in [6.07, 6.45) is 4.76. The van der Waals surface area contributed by atoms with Gasteiger partial charge in [-0.05, 0) is 78.9 Å². The van der Waals surface area contributed by atoms with Crippen LogP contribution < -0.4 is 10.5 Å². The highest BCUT2D eigenvalue weighted by molar-refractivity contribution is 7.91. The number of hydrogen-bond donors (Lipinski definition) is 1. The predicted octanol–water partition coefficient (Wildman–Crippen LogP) is 5.19. The van der Waals surface area contributed by atoms with Gasteiger partial charge in [0.2, 0.25) is 5.91 Å². The molecule has 0 spiro atoms. The van der Waals surface area contributed by atoms with Crippen LogP contribution in [-0.2, 0) is 26.8 Å². The van der Waals surface area contributed by atoms with E-state index in [9.17, 15) is 26.8 Å². The fraction of sp³-hybridized carbons (Fsp3) is 0.242. The molecule has 2 aliphatic rings. The Morgan fingerprint density at radius 1 is 1.02 bits per heavy atom. The molecule has 0 atom stereocenters. The summed E-state index contributed by atoms with van der Waals surface area (Å²) in [5, 5.41) is 4.32. The van der Waals surface area contributed by atoms with E-state index in [1.54, 1.807) is 43.3 Å². The number of nitrogens with two attached hydrogens (primary N) is 1. The van der Waals surface area contributed by atoms with Gasteiger partial charge in [-0.1, -0.05) is 18.2 Å². The second kappa shape index (κ2) is 11.9. The van der Waals surface area contributed by atoms with Gasteiger partial charge in [-0.2, -0.15) is 5.10 Å². The highest BCUT2D eigenvalue weighted by atomic mass is 32.2. The lowest BCUT2D eigenvalue weighted by atomic mass is 10.0. The summed E-state index contributed by atoms with van der Waals surface area (Å²) in [6, 6.07) is 13.8. The van der Waals surface area contributed by atoms with Crippen molar-refractivity contribution in [1.29, 1.82) is 0 Å². The molecule has 1 fully saturated rings. The van der Waals surface area contributed by atoms with Gasteiger partial charge in [0, 0.05) is 30.6 Å². The van der Waals surface area contributed by atoms with Crippen LogP contribution in [0.25, 0.3) is 11.8 Å². The zero-order valence-electron chi connectivity index (χ0n) is 24.4. The Hall–Kier alpha value is -4.84. The molecule has 45 heavy (non-hydrogen) atoms. The molecule has 1 aromatic heterocycles. The highest BCUT2D eigenvalue weighted by Gasteiger charge is 2.28. The Morgan fingerprint density at radius 2 is 1.78 bits per heavy atom. The number of anilines is 1. The largest absolute Gasteiger partial charge is 0.454 e. The van der Waals surface area contributed by atoms with E-state index in [0.717, 1.165) is 12.8 Å². The van der Waals surface area contributed by atoms with Crippen LogP contribution in [0.5, 0.6) is 11.5 Å². The van der Waals surface area contributed by atoms with E-state index in [-0.39, 0.29) is 29.1 Å². The van der Waals surface area contributed by atoms with Gasteiger partial charge in [0.25, 0.3) is 0 Å². The molecule has 4 aromatic rings. The van der Waals surface area contributed by atoms with Crippen LogP contribution in [-0.4, -0.2) is 53.6 Å². The van der Waals surface area contributed by atoms with Crippen molar-refractivity contribution in [1.82, 2.24) is 14.7 Å². The number of amides is 1. The van der Waals surface area contributed by atoms with Gasteiger partial charge >= 0.3 is 0 Å². The molecule has 1 aliphatic heterocycles. The lowest BCUT2D eigenvalue weighted by Gasteiger charge is -2.15. The van der Waals surface area contributed by atoms with Crippen LogP contribution in [0.1, 0.15) is 45.5 Å². The maximum Gasteiger partial charge on any atom is 0.237 e. The maximum absolute atomic E-state index is 15.0. The molecule has 0 unspecified atom stereocenters. The number of allylic oxidation sites excluding steroid dienone is 1. The van der Waals surface area contributed by atoms with Crippen molar-refractivity contribution < 1.29 is 31.5 Å². The van der Waals surface area contributed by atoms with E-state index in [1.165, 1.54) is 40.0 Å². The molecule has 9 nitrogen and oxygen atoms in total. The zero-order valence-corrected chi connectivity index (χ0v) is 25.2. The molecular formula is C33H30F2N4O5S. The minimum atomic E-state index is -3.90. The molecule has 12 heteroatoms. The fourth-order valence-electron chi connectivity index (χ4n) is 5.69. The summed E-state index contributed by atoms with van der Waals surface area (Å²) < 4.78 is 61.6. The summed E-state index contributed by atoms with van der Waals surface area (Å²) in [6.45, 7) is 2.87. The Morgan fingerprint density at radius 3 is 2.51 bits per heavy atom. The monoisotopic (exact) mass is 632 g/mol. The first kappa shape index (κ1) is 30.2. The summed E-state index contributed by atoms with van der Waals surface area (Å²) in [7, 11) is -3.90. The first-order valence-corrected chi connectivity index (χ1v) is 16.2. The number of rotatable bonds is 9. The van der Waals surface area contributed by atoms with E-state index >= 15 is 0 Å². The predicted molar refractivity (Wildman–Crippen MR) is 165 cm³/mol. The number of ketones is 1. The van der Waals surface area contributed by atoms with Crippen molar-refractivity contribution in [2.75, 3.05) is 24.6 Å². The number of likely N-dealkylation sites (tertiary alicyclic amines) is 1. The second-order valence-corrected chi connectivity index (χ2v) is 13.3. The van der Waals surface area contributed by atoms with Gasteiger partial charge in [-0.25, -0.2) is 21.9 Å². The second-order valence-electron chi connectivity index (χ2n) is 11.3. The average molecular weight is 633 g/mol. The van der Waals surface area contributed by atoms with Crippen LogP contribution in [0, 0.1) is 18.6 Å². The topological polar surface area (TPSA) is 125 Å². The molecule has 0 bridgehead atoms. The molecular weight excluding hydrogens is 602 g/mol. The fourth-order valence-corrected chi connectivity index (χ4v) is 7.04. The van der Waals surface area contributed by atoms with Gasteiger partial charge in [0.05, 0.1) is 23.2 Å². The number of hydrogen-bond acceptors (Lipinski definition) is 7. The van der Waals surface area contributed by atoms with Crippen LogP contribution in [0.4, 0.5) is 14.6 Å². The number of carbonyl (C=O) groups is 2. The number of para-hydroxylation sites is 1. The molecule has 2 heterocycles. The quantitative estimate of drug-likeness (QED) is 0.252. The molecule has 0 saturated carbocycles. The van der Waals surface area contributed by atoms with E-state index < -0.39 is 44.7 Å². The van der Waals surface area contributed by atoms with Crippen LogP contribution in [0.15, 0.2) is 66.4 Å². The minimum absolute atomic E-state index is 0.0460. The summed E-state index contributed by atoms with van der Waals surface area (Å²) in [5.74, 6) is -2.76. The summed E-state index contributed by atoms with van der Waals surface area (Å²) in [4.78, 5) is 27.4. The van der Waals surface area contributed by atoms with E-state index in [0.29, 0.717) is 46.8 Å². The Bertz CT molecular complexity index is 1980. The van der Waals surface area contributed by atoms with E-state index in [2.05, 4.69) is 5.10 Å². The minimum Gasteiger partial charge on any atom is -0.454 e. The van der Waals surface area contributed by atoms with Crippen LogP contribution in [0.3, 0.4) is 0 Å². The first-order valence-electron chi connectivity index (χ1n) is 14.4. The van der Waals surface area contributed by atoms with Crippen molar-refractivity contribution in [3.05, 3.63) is 106 Å². The van der Waals surface area contributed by atoms with Crippen molar-refractivity contribution in [2.45, 2.75) is 31.9 Å². The van der Waals surface area contributed by atoms with Crippen LogP contribution in [0.2, 0.25) is 0 Å². The molecule has 232 valence electrons. The van der Waals surface area contributed by atoms with Crippen molar-refractivity contribution in [2.24, 2.45) is 0 Å². The van der Waals surface area contributed by atoms with Gasteiger partial charge in [-0.3, -0.25) is 9.59 Å². The van der Waals surface area contributed by atoms with Crippen molar-refractivity contribution >= 4 is 33.4 Å². The van der Waals surface area contributed by atoms with E-state index in [1.807, 2.05) is 0 Å². The third-order valence-corrected chi connectivity index (χ3v) is 9.44. The van der Waals surface area contributed by atoms with Crippen molar-refractivity contribution in [3.8, 4) is 17.2 Å². The van der Waals surface area contributed by atoms with Crippen molar-refractivity contribution in [3.63, 3.8) is 0 Å². The number of nitrogens with zero attached hydrogens (tertiary/aromatic N) is 3. The Labute approximate surface area is 258 Å². The number of aryl methyl sites for hydroxylation is 1. The molecule has 3 aromatic carbocycles. The molecule has 2 N–H and O–H groups in total. The van der Waals surface area contributed by atoms with Gasteiger partial charge in [-0.15, -0.1) is 0 Å². The first-order chi connectivity index (χ1) is 21.5. The van der Waals surface area contributed by atoms with Gasteiger partial charge in [0.15, 0.2) is 27.2 Å². The Kier molecular flexibility index (Phi) is 8.00. The number of benzene rings is 3. The number of sulfone groups is 1. The molecule has 6 rings (SSSR count). The zero-order chi connectivity index (χ0) is 31.9. The SMILES string of the molecule is Cc1cc(Oc2ccccc2F)ccc1-n1ncc(C(=O)C2=Cc3cc(F)c(CS(=O)(=O)CC(=O)N4CCCC4)cc3C2)c1N. The number of Topliss-reactive ketones (excluding diaryl/α,β-unsaturated/α-hetero) is 1. The number of halogens is 2. The van der Waals surface area contributed by atoms with Gasteiger partial charge in [0.1, 0.15) is 23.1 Å². The summed E-state index contributed by atoms with van der Waals surface area (Å²) >= 11 is 0. The molecule has 1 amide bonds. The van der Waals surface area contributed by atoms with Gasteiger partial charge < -0.3 is 15.4 Å². The third-order valence-electron chi connectivity index (χ3n) is 8.00. The third kappa shape index (κ3) is 6.23. The maximum atomic E-state index is 15.0. The number of nitrogen functional groups attached to an aromatic ring is 1. The standard InChI is InChI=1S/C33H30F2N4O5S/c1-20-12-25(44-30-7-3-2-6-27(30)34)8-9-29(20)39-33(36)26(17-37-39)32(41)23-13-21-15-24(28(35)16-22(21)14-23)18-45(42,43)19-31(40)38-10-4-5-11-38/h2-3,6-9,12,14-17H,4-5,10-11,13,18-19,36H2,1H3. The number of fused-ring (bicyclic) bond motifs is 1. The smallest absolute Gasteiger partial charge is 0.237 e. The molecule has 1 aliphatic carbocycles. The number of carbonyl (C=O) groups excluding carboxylic acids is 2. The lowest BCUT2D eigenvalue weighted by Crippen LogP contribution is -2.33. The summed E-state index contributed by atoms with van der Waals surface area (Å²) in [5.41, 5.74) is 9.21. The normalized spacial score (nSPS) is 14.4. The number of aromatic nitrogens is 2. The molecule has 0 radical (unpaired) electrons. The van der Waals surface area contributed by atoms with Crippen LogP contribution >= 0.6 is 0 Å². The lowest BCUT2D eigenvalue weighted by molar-refractivity contribution is -0.127. The highest BCUT2D eigenvalue weighted by Crippen LogP contribution is 2.33. The Balaban J connectivity index is 1.16. The molecule has 1 saturated heterocycles. The number of ether oxygens (including phenoxy) is 1. The van der Waals surface area contributed by atoms with E-state index in [4.69, 9.17) is 10.5 Å².